The molecule has 0 bridgehead atoms. The number of hydrogen-bond donors (Lipinski definition) is 1. The minimum Gasteiger partial charge on any atom is -0.312 e. The Morgan fingerprint density at radius 2 is 2.20 bits per heavy atom. The standard InChI is InChI=1S/C12H17BrFN/c1-3-9(2)7-15-8-10-6-11(14)4-5-12(10)13/h4-6,9,15H,3,7-8H2,1-2H3. The van der Waals surface area contributed by atoms with E-state index in [0.717, 1.165) is 23.0 Å². The summed E-state index contributed by atoms with van der Waals surface area (Å²) in [6.07, 6.45) is 1.16. The van der Waals surface area contributed by atoms with E-state index in [9.17, 15) is 4.39 Å². The second-order valence-electron chi connectivity index (χ2n) is 3.88. The summed E-state index contributed by atoms with van der Waals surface area (Å²) in [7, 11) is 0. The lowest BCUT2D eigenvalue weighted by Gasteiger charge is -2.11. The molecule has 1 rings (SSSR count). The Morgan fingerprint density at radius 3 is 2.87 bits per heavy atom. The lowest BCUT2D eigenvalue weighted by molar-refractivity contribution is 0.498. The van der Waals surface area contributed by atoms with Crippen LogP contribution in [0.1, 0.15) is 25.8 Å². The van der Waals surface area contributed by atoms with Gasteiger partial charge in [-0.3, -0.25) is 0 Å². The molecule has 84 valence electrons. The van der Waals surface area contributed by atoms with Gasteiger partial charge in [0.2, 0.25) is 0 Å². The first-order chi connectivity index (χ1) is 7.13. The molecule has 0 aliphatic rings. The van der Waals surface area contributed by atoms with Gasteiger partial charge in [0.1, 0.15) is 5.82 Å². The fourth-order valence-electron chi connectivity index (χ4n) is 1.28. The van der Waals surface area contributed by atoms with Crippen molar-refractivity contribution in [3.63, 3.8) is 0 Å². The number of nitrogens with one attached hydrogen (secondary N) is 1. The lowest BCUT2D eigenvalue weighted by atomic mass is 10.1. The van der Waals surface area contributed by atoms with Crippen LogP contribution in [-0.2, 0) is 6.54 Å². The highest BCUT2D eigenvalue weighted by Gasteiger charge is 2.02. The molecule has 1 N–H and O–H groups in total. The maximum absolute atomic E-state index is 13.0. The van der Waals surface area contributed by atoms with E-state index in [2.05, 4.69) is 35.1 Å². The zero-order valence-corrected chi connectivity index (χ0v) is 10.8. The summed E-state index contributed by atoms with van der Waals surface area (Å²) >= 11 is 3.41. The van der Waals surface area contributed by atoms with Gasteiger partial charge in [0.05, 0.1) is 0 Å². The molecule has 1 nitrogen and oxygen atoms in total. The van der Waals surface area contributed by atoms with Crippen LogP contribution >= 0.6 is 15.9 Å². The zero-order chi connectivity index (χ0) is 11.3. The largest absolute Gasteiger partial charge is 0.312 e. The molecule has 0 aliphatic carbocycles. The first kappa shape index (κ1) is 12.7. The number of halogens is 2. The van der Waals surface area contributed by atoms with Crippen LogP contribution in [0.25, 0.3) is 0 Å². The summed E-state index contributed by atoms with van der Waals surface area (Å²) in [5, 5.41) is 3.32. The van der Waals surface area contributed by atoms with Gasteiger partial charge in [-0.05, 0) is 36.2 Å². The maximum atomic E-state index is 13.0. The highest BCUT2D eigenvalue weighted by Crippen LogP contribution is 2.17. The molecule has 0 fully saturated rings. The first-order valence-corrected chi connectivity index (χ1v) is 6.07. The van der Waals surface area contributed by atoms with E-state index in [-0.39, 0.29) is 5.82 Å². The molecule has 0 aliphatic heterocycles. The monoisotopic (exact) mass is 273 g/mol. The van der Waals surface area contributed by atoms with Gasteiger partial charge >= 0.3 is 0 Å². The van der Waals surface area contributed by atoms with Crippen molar-refractivity contribution in [2.45, 2.75) is 26.8 Å². The first-order valence-electron chi connectivity index (χ1n) is 5.28. The predicted octanol–water partition coefficient (Wildman–Crippen LogP) is 3.72. The minimum absolute atomic E-state index is 0.182. The van der Waals surface area contributed by atoms with Gasteiger partial charge in [0.15, 0.2) is 0 Å². The second kappa shape index (κ2) is 6.23. The van der Waals surface area contributed by atoms with Gasteiger partial charge in [-0.1, -0.05) is 36.2 Å². The van der Waals surface area contributed by atoms with Crippen molar-refractivity contribution < 1.29 is 4.39 Å². The summed E-state index contributed by atoms with van der Waals surface area (Å²) < 4.78 is 13.9. The number of hydrogen-bond acceptors (Lipinski definition) is 1. The van der Waals surface area contributed by atoms with Gasteiger partial charge in [-0.25, -0.2) is 4.39 Å². The number of rotatable bonds is 5. The average Bonchev–Trinajstić information content (AvgIpc) is 2.23. The highest BCUT2D eigenvalue weighted by atomic mass is 79.9. The van der Waals surface area contributed by atoms with Crippen LogP contribution in [0.5, 0.6) is 0 Å². The third-order valence-electron chi connectivity index (χ3n) is 2.51. The van der Waals surface area contributed by atoms with E-state index in [0.29, 0.717) is 12.5 Å². The predicted molar refractivity (Wildman–Crippen MR) is 65.3 cm³/mol. The summed E-state index contributed by atoms with van der Waals surface area (Å²) in [5.41, 5.74) is 0.971. The Morgan fingerprint density at radius 1 is 1.47 bits per heavy atom. The van der Waals surface area contributed by atoms with Gasteiger partial charge in [-0.2, -0.15) is 0 Å². The third kappa shape index (κ3) is 4.31. The van der Waals surface area contributed by atoms with Crippen molar-refractivity contribution in [1.82, 2.24) is 5.32 Å². The molecule has 0 saturated carbocycles. The van der Waals surface area contributed by atoms with Crippen molar-refractivity contribution in [3.05, 3.63) is 34.1 Å². The van der Waals surface area contributed by atoms with Gasteiger partial charge in [0.25, 0.3) is 0 Å². The molecule has 0 spiro atoms. The quantitative estimate of drug-likeness (QED) is 0.862. The smallest absolute Gasteiger partial charge is 0.123 e. The van der Waals surface area contributed by atoms with E-state index < -0.39 is 0 Å². The van der Waals surface area contributed by atoms with Crippen LogP contribution in [0.2, 0.25) is 0 Å². The average molecular weight is 274 g/mol. The SMILES string of the molecule is CCC(C)CNCc1cc(F)ccc1Br. The molecule has 0 radical (unpaired) electrons. The summed E-state index contributed by atoms with van der Waals surface area (Å²) in [6.45, 7) is 6.06. The molecular weight excluding hydrogens is 257 g/mol. The zero-order valence-electron chi connectivity index (χ0n) is 9.19. The van der Waals surface area contributed by atoms with Crippen molar-refractivity contribution in [1.29, 1.82) is 0 Å². The molecule has 0 saturated heterocycles. The molecule has 1 unspecified atom stereocenters. The molecule has 3 heteroatoms. The van der Waals surface area contributed by atoms with Gasteiger partial charge in [0, 0.05) is 11.0 Å². The lowest BCUT2D eigenvalue weighted by Crippen LogP contribution is -2.20. The van der Waals surface area contributed by atoms with Crippen molar-refractivity contribution in [2.24, 2.45) is 5.92 Å². The molecular formula is C12H17BrFN. The minimum atomic E-state index is -0.182. The topological polar surface area (TPSA) is 12.0 Å². The van der Waals surface area contributed by atoms with Crippen LogP contribution < -0.4 is 5.32 Å². The second-order valence-corrected chi connectivity index (χ2v) is 4.73. The van der Waals surface area contributed by atoms with Crippen molar-refractivity contribution in [2.75, 3.05) is 6.54 Å². The highest BCUT2D eigenvalue weighted by molar-refractivity contribution is 9.10. The van der Waals surface area contributed by atoms with Crippen molar-refractivity contribution >= 4 is 15.9 Å². The summed E-state index contributed by atoms with van der Waals surface area (Å²) in [5.74, 6) is 0.482. The Kier molecular flexibility index (Phi) is 5.26. The fourth-order valence-corrected chi connectivity index (χ4v) is 1.66. The molecule has 1 aromatic carbocycles. The van der Waals surface area contributed by atoms with Crippen LogP contribution in [0.4, 0.5) is 4.39 Å². The van der Waals surface area contributed by atoms with E-state index >= 15 is 0 Å². The molecule has 15 heavy (non-hydrogen) atoms. The number of benzene rings is 1. The summed E-state index contributed by atoms with van der Waals surface area (Å²) in [4.78, 5) is 0. The molecule has 1 atom stereocenters. The fraction of sp³-hybridized carbons (Fsp3) is 0.500. The third-order valence-corrected chi connectivity index (χ3v) is 3.29. The Labute approximate surface area is 99.2 Å². The summed E-state index contributed by atoms with van der Waals surface area (Å²) in [6, 6.07) is 4.77. The molecule has 1 aromatic rings. The van der Waals surface area contributed by atoms with Crippen LogP contribution in [-0.4, -0.2) is 6.54 Å². The molecule has 0 aromatic heterocycles. The Balaban J connectivity index is 2.46. The molecule has 0 amide bonds. The Bertz CT molecular complexity index is 314. The van der Waals surface area contributed by atoms with E-state index in [1.807, 2.05) is 0 Å². The van der Waals surface area contributed by atoms with Crippen molar-refractivity contribution in [3.8, 4) is 0 Å². The van der Waals surface area contributed by atoms with E-state index in [1.165, 1.54) is 6.07 Å². The molecule has 0 heterocycles. The maximum Gasteiger partial charge on any atom is 0.123 e. The van der Waals surface area contributed by atoms with E-state index in [4.69, 9.17) is 0 Å². The van der Waals surface area contributed by atoms with Crippen LogP contribution in [0.3, 0.4) is 0 Å². The van der Waals surface area contributed by atoms with Gasteiger partial charge < -0.3 is 5.32 Å². The normalized spacial score (nSPS) is 12.8. The van der Waals surface area contributed by atoms with Gasteiger partial charge in [-0.15, -0.1) is 0 Å². The van der Waals surface area contributed by atoms with Crippen LogP contribution in [0, 0.1) is 11.7 Å². The van der Waals surface area contributed by atoms with Crippen LogP contribution in [0.15, 0.2) is 22.7 Å². The Hall–Kier alpha value is -0.410. The van der Waals surface area contributed by atoms with E-state index in [1.54, 1.807) is 12.1 Å².